The number of carbonyl (C=O) groups is 1. The van der Waals surface area contributed by atoms with Crippen LogP contribution in [0, 0.1) is 6.92 Å². The van der Waals surface area contributed by atoms with E-state index in [1.165, 1.54) is 0 Å². The quantitative estimate of drug-likeness (QED) is 0.840. The lowest BCUT2D eigenvalue weighted by Gasteiger charge is -2.06. The molecule has 0 unspecified atom stereocenters. The predicted octanol–water partition coefficient (Wildman–Crippen LogP) is 3.32. The molecule has 1 N–H and O–H groups in total. The lowest BCUT2D eigenvalue weighted by molar-refractivity contribution is 0.0661. The average Bonchev–Trinajstić information content (AvgIpc) is 2.56. The van der Waals surface area contributed by atoms with E-state index in [1.54, 1.807) is 13.0 Å². The molecule has 84 valence electrons. The predicted molar refractivity (Wildman–Crippen MR) is 61.5 cm³/mol. The van der Waals surface area contributed by atoms with E-state index in [0.717, 1.165) is 17.7 Å². The Balaban J connectivity index is 2.65. The molecule has 1 aromatic heterocycles. The first-order valence-corrected chi connectivity index (χ1v) is 6.03. The van der Waals surface area contributed by atoms with Crippen LogP contribution in [-0.4, -0.2) is 16.3 Å². The van der Waals surface area contributed by atoms with Gasteiger partial charge < -0.3 is 9.52 Å². The second-order valence-corrected chi connectivity index (χ2v) is 4.95. The van der Waals surface area contributed by atoms with Crippen molar-refractivity contribution in [1.82, 2.24) is 0 Å². The maximum Gasteiger partial charge on any atom is 0.371 e. The molecule has 15 heavy (non-hydrogen) atoms. The van der Waals surface area contributed by atoms with Crippen LogP contribution in [0.15, 0.2) is 10.5 Å². The highest BCUT2D eigenvalue weighted by atomic mass is 32.2. The molecule has 1 heterocycles. The maximum atomic E-state index is 10.7. The van der Waals surface area contributed by atoms with Crippen LogP contribution in [0.1, 0.15) is 42.1 Å². The Morgan fingerprint density at radius 3 is 2.80 bits per heavy atom. The zero-order chi connectivity index (χ0) is 11.4. The first kappa shape index (κ1) is 12.2. The van der Waals surface area contributed by atoms with E-state index in [1.807, 2.05) is 11.8 Å². The van der Waals surface area contributed by atoms with E-state index in [4.69, 9.17) is 9.52 Å². The van der Waals surface area contributed by atoms with Gasteiger partial charge in [0.25, 0.3) is 0 Å². The maximum absolute atomic E-state index is 10.7. The van der Waals surface area contributed by atoms with E-state index in [2.05, 4.69) is 13.8 Å². The minimum absolute atomic E-state index is 0.0345. The van der Waals surface area contributed by atoms with Crippen LogP contribution in [0.3, 0.4) is 0 Å². The van der Waals surface area contributed by atoms with Crippen LogP contribution in [0.25, 0.3) is 0 Å². The van der Waals surface area contributed by atoms with Gasteiger partial charge in [-0.1, -0.05) is 13.8 Å². The topological polar surface area (TPSA) is 50.4 Å². The van der Waals surface area contributed by atoms with Crippen molar-refractivity contribution in [3.63, 3.8) is 0 Å². The van der Waals surface area contributed by atoms with Crippen molar-refractivity contribution in [2.45, 2.75) is 38.2 Å². The molecule has 0 saturated carbocycles. The number of furan rings is 1. The molecular formula is C11H16O3S. The highest BCUT2D eigenvalue weighted by Gasteiger charge is 2.13. The number of hydrogen-bond donors (Lipinski definition) is 1. The Hall–Kier alpha value is -0.900. The van der Waals surface area contributed by atoms with Crippen molar-refractivity contribution in [3.05, 3.63) is 23.2 Å². The molecule has 0 amide bonds. The Kier molecular flexibility index (Phi) is 4.27. The number of rotatable bonds is 5. The normalized spacial score (nSPS) is 12.7. The first-order chi connectivity index (χ1) is 7.04. The summed E-state index contributed by atoms with van der Waals surface area (Å²) in [5.41, 5.74) is 0.984. The van der Waals surface area contributed by atoms with Gasteiger partial charge >= 0.3 is 5.97 Å². The van der Waals surface area contributed by atoms with Crippen LogP contribution < -0.4 is 0 Å². The summed E-state index contributed by atoms with van der Waals surface area (Å²) < 4.78 is 5.13. The van der Waals surface area contributed by atoms with Gasteiger partial charge in [0, 0.05) is 16.6 Å². The van der Waals surface area contributed by atoms with E-state index >= 15 is 0 Å². The molecule has 0 aliphatic carbocycles. The van der Waals surface area contributed by atoms with Crippen LogP contribution >= 0.6 is 11.8 Å². The molecule has 0 aliphatic rings. The third-order valence-corrected chi connectivity index (χ3v) is 3.71. The molecule has 4 heteroatoms. The van der Waals surface area contributed by atoms with Crippen molar-refractivity contribution < 1.29 is 14.3 Å². The molecular weight excluding hydrogens is 212 g/mol. The van der Waals surface area contributed by atoms with Crippen molar-refractivity contribution in [1.29, 1.82) is 0 Å². The lowest BCUT2D eigenvalue weighted by atomic mass is 10.3. The number of carboxylic acid groups (broad SMARTS) is 1. The molecule has 0 spiro atoms. The number of hydrogen-bond acceptors (Lipinski definition) is 3. The van der Waals surface area contributed by atoms with Crippen molar-refractivity contribution >= 4 is 17.7 Å². The summed E-state index contributed by atoms with van der Waals surface area (Å²) >= 11 is 1.82. The summed E-state index contributed by atoms with van der Waals surface area (Å²) in [5, 5.41) is 9.34. The van der Waals surface area contributed by atoms with Gasteiger partial charge in [-0.15, -0.1) is 0 Å². The summed E-state index contributed by atoms with van der Waals surface area (Å²) in [6, 6.07) is 1.62. The minimum atomic E-state index is -1.00. The van der Waals surface area contributed by atoms with E-state index in [-0.39, 0.29) is 5.76 Å². The number of carboxylic acids is 1. The SMILES string of the molecule is CC[C@H](C)SCc1cc(C(=O)O)oc1C. The first-order valence-electron chi connectivity index (χ1n) is 4.98. The van der Waals surface area contributed by atoms with Crippen LogP contribution in [0.2, 0.25) is 0 Å². The molecule has 0 bridgehead atoms. The van der Waals surface area contributed by atoms with Gasteiger partial charge in [0.2, 0.25) is 5.76 Å². The van der Waals surface area contributed by atoms with E-state index < -0.39 is 5.97 Å². The van der Waals surface area contributed by atoms with Gasteiger partial charge in [-0.25, -0.2) is 4.79 Å². The monoisotopic (exact) mass is 228 g/mol. The van der Waals surface area contributed by atoms with Gasteiger partial charge in [0.1, 0.15) is 5.76 Å². The fourth-order valence-corrected chi connectivity index (χ4v) is 2.10. The molecule has 1 atom stereocenters. The summed E-state index contributed by atoms with van der Waals surface area (Å²) in [6.45, 7) is 6.11. The average molecular weight is 228 g/mol. The molecule has 0 fully saturated rings. The van der Waals surface area contributed by atoms with Crippen LogP contribution in [0.5, 0.6) is 0 Å². The second kappa shape index (κ2) is 5.26. The van der Waals surface area contributed by atoms with Crippen LogP contribution in [0.4, 0.5) is 0 Å². The van der Waals surface area contributed by atoms with Crippen molar-refractivity contribution in [3.8, 4) is 0 Å². The van der Waals surface area contributed by atoms with Gasteiger partial charge in [-0.2, -0.15) is 11.8 Å². The summed E-state index contributed by atoms with van der Waals surface area (Å²) in [6.07, 6.45) is 1.12. The fourth-order valence-electron chi connectivity index (χ4n) is 1.12. The highest BCUT2D eigenvalue weighted by molar-refractivity contribution is 7.99. The third-order valence-electron chi connectivity index (χ3n) is 2.33. The third kappa shape index (κ3) is 3.30. The summed E-state index contributed by atoms with van der Waals surface area (Å²) in [5.74, 6) is 0.561. The summed E-state index contributed by atoms with van der Waals surface area (Å²) in [7, 11) is 0. The number of aromatic carboxylic acids is 1. The summed E-state index contributed by atoms with van der Waals surface area (Å²) in [4.78, 5) is 10.7. The minimum Gasteiger partial charge on any atom is -0.475 e. The Labute approximate surface area is 93.9 Å². The molecule has 0 saturated heterocycles. The Bertz CT molecular complexity index is 344. The molecule has 1 aromatic rings. The molecule has 0 aliphatic heterocycles. The van der Waals surface area contributed by atoms with Gasteiger partial charge in [0.05, 0.1) is 0 Å². The van der Waals surface area contributed by atoms with Gasteiger partial charge in [-0.05, 0) is 19.4 Å². The van der Waals surface area contributed by atoms with Crippen molar-refractivity contribution in [2.24, 2.45) is 0 Å². The second-order valence-electron chi connectivity index (χ2n) is 3.53. The molecule has 0 aromatic carbocycles. The Morgan fingerprint density at radius 1 is 1.67 bits per heavy atom. The van der Waals surface area contributed by atoms with E-state index in [9.17, 15) is 4.79 Å². The zero-order valence-electron chi connectivity index (χ0n) is 9.24. The standard InChI is InChI=1S/C11H16O3S/c1-4-7(2)15-6-9-5-10(11(12)13)14-8(9)3/h5,7H,4,6H2,1-3H3,(H,12,13)/t7-/m0/s1. The van der Waals surface area contributed by atoms with Crippen LogP contribution in [-0.2, 0) is 5.75 Å². The fraction of sp³-hybridized carbons (Fsp3) is 0.545. The number of thioether (sulfide) groups is 1. The van der Waals surface area contributed by atoms with Gasteiger partial charge in [0.15, 0.2) is 0 Å². The highest BCUT2D eigenvalue weighted by Crippen LogP contribution is 2.24. The van der Waals surface area contributed by atoms with Crippen molar-refractivity contribution in [2.75, 3.05) is 0 Å². The molecule has 1 rings (SSSR count). The zero-order valence-corrected chi connectivity index (χ0v) is 10.1. The molecule has 0 radical (unpaired) electrons. The number of aryl methyl sites for hydroxylation is 1. The smallest absolute Gasteiger partial charge is 0.371 e. The Morgan fingerprint density at radius 2 is 2.33 bits per heavy atom. The molecule has 3 nitrogen and oxygen atoms in total. The van der Waals surface area contributed by atoms with E-state index in [0.29, 0.717) is 11.0 Å². The largest absolute Gasteiger partial charge is 0.475 e. The lowest BCUT2D eigenvalue weighted by Crippen LogP contribution is -1.94. The van der Waals surface area contributed by atoms with Gasteiger partial charge in [-0.3, -0.25) is 0 Å².